The Labute approximate surface area is 196 Å². The molecule has 0 unspecified atom stereocenters. The highest BCUT2D eigenvalue weighted by molar-refractivity contribution is 7.99. The minimum Gasteiger partial charge on any atom is -0.497 e. The van der Waals surface area contributed by atoms with Gasteiger partial charge in [0.2, 0.25) is 11.8 Å². The van der Waals surface area contributed by atoms with Crippen LogP contribution in [0.15, 0.2) is 53.4 Å². The van der Waals surface area contributed by atoms with Gasteiger partial charge in [0.1, 0.15) is 11.8 Å². The first-order chi connectivity index (χ1) is 15.4. The van der Waals surface area contributed by atoms with Crippen LogP contribution >= 0.6 is 11.8 Å². The number of benzene rings is 2. The monoisotopic (exact) mass is 456 g/mol. The highest BCUT2D eigenvalue weighted by Crippen LogP contribution is 2.22. The summed E-state index contributed by atoms with van der Waals surface area (Å²) in [6.45, 7) is 8.40. The van der Waals surface area contributed by atoms with E-state index in [0.717, 1.165) is 22.6 Å². The number of hydrogen-bond acceptors (Lipinski definition) is 4. The third-order valence-electron chi connectivity index (χ3n) is 5.48. The van der Waals surface area contributed by atoms with Gasteiger partial charge in [-0.3, -0.25) is 9.59 Å². The first kappa shape index (κ1) is 25.8. The van der Waals surface area contributed by atoms with Crippen molar-refractivity contribution in [1.82, 2.24) is 10.2 Å². The van der Waals surface area contributed by atoms with Gasteiger partial charge in [-0.05, 0) is 56.5 Å². The number of rotatable bonds is 12. The van der Waals surface area contributed by atoms with Crippen molar-refractivity contribution in [1.29, 1.82) is 0 Å². The summed E-state index contributed by atoms with van der Waals surface area (Å²) < 4.78 is 5.33. The van der Waals surface area contributed by atoms with E-state index in [1.807, 2.05) is 45.0 Å². The van der Waals surface area contributed by atoms with Crippen molar-refractivity contribution >= 4 is 23.6 Å². The summed E-state index contributed by atoms with van der Waals surface area (Å²) in [5.41, 5.74) is 2.16. The molecule has 0 aliphatic rings. The van der Waals surface area contributed by atoms with Crippen molar-refractivity contribution in [3.63, 3.8) is 0 Å². The molecule has 2 atom stereocenters. The van der Waals surface area contributed by atoms with Gasteiger partial charge in [0, 0.05) is 29.7 Å². The van der Waals surface area contributed by atoms with E-state index in [0.29, 0.717) is 25.1 Å². The number of carbonyl (C=O) groups excluding carboxylic acids is 2. The average Bonchev–Trinajstić information content (AvgIpc) is 2.80. The maximum Gasteiger partial charge on any atom is 0.243 e. The van der Waals surface area contributed by atoms with Gasteiger partial charge in [0.05, 0.1) is 7.11 Å². The summed E-state index contributed by atoms with van der Waals surface area (Å²) in [4.78, 5) is 29.2. The molecule has 32 heavy (non-hydrogen) atoms. The maximum absolute atomic E-state index is 13.3. The number of ether oxygens (including phenoxy) is 1. The summed E-state index contributed by atoms with van der Waals surface area (Å²) in [6.07, 6.45) is 1.78. The van der Waals surface area contributed by atoms with E-state index < -0.39 is 6.04 Å². The number of carbonyl (C=O) groups is 2. The largest absolute Gasteiger partial charge is 0.497 e. The predicted molar refractivity (Wildman–Crippen MR) is 132 cm³/mol. The Hall–Kier alpha value is -2.47. The normalized spacial score (nSPS) is 12.7. The van der Waals surface area contributed by atoms with Crippen LogP contribution in [0, 0.1) is 6.92 Å². The van der Waals surface area contributed by atoms with Crippen LogP contribution in [0.5, 0.6) is 5.75 Å². The molecular formula is C26H36N2O3S. The molecule has 0 fully saturated rings. The van der Waals surface area contributed by atoms with Gasteiger partial charge in [-0.15, -0.1) is 11.8 Å². The molecule has 2 rings (SSSR count). The number of hydrogen-bond donors (Lipinski definition) is 1. The van der Waals surface area contributed by atoms with Crippen LogP contribution < -0.4 is 10.1 Å². The van der Waals surface area contributed by atoms with E-state index >= 15 is 0 Å². The molecule has 0 saturated heterocycles. The molecule has 6 heteroatoms. The summed E-state index contributed by atoms with van der Waals surface area (Å²) in [5, 5.41) is 3.05. The van der Waals surface area contributed by atoms with Crippen molar-refractivity contribution in [2.24, 2.45) is 0 Å². The van der Waals surface area contributed by atoms with Crippen LogP contribution in [0.25, 0.3) is 0 Å². The maximum atomic E-state index is 13.3. The molecule has 2 aromatic rings. The summed E-state index contributed by atoms with van der Waals surface area (Å²) in [6, 6.07) is 15.5. The molecule has 2 aromatic carbocycles. The lowest BCUT2D eigenvalue weighted by Gasteiger charge is -2.31. The van der Waals surface area contributed by atoms with E-state index in [9.17, 15) is 9.59 Å². The third-order valence-corrected chi connectivity index (χ3v) is 6.49. The standard InChI is InChI=1S/C26H36N2O3S/c1-6-20(4)27-26(30)24(7-2)28(18-21-9-8-10-22(17-21)31-5)25(29)15-16-32-23-13-11-19(3)12-14-23/h8-14,17,20,24H,6-7,15-16,18H2,1-5H3,(H,27,30)/t20-,24+/m0/s1. The van der Waals surface area contributed by atoms with E-state index in [1.54, 1.807) is 23.8 Å². The number of thioether (sulfide) groups is 1. The highest BCUT2D eigenvalue weighted by atomic mass is 32.2. The number of methoxy groups -OCH3 is 1. The average molecular weight is 457 g/mol. The Bertz CT molecular complexity index is 870. The molecule has 5 nitrogen and oxygen atoms in total. The second-order valence-corrected chi connectivity index (χ2v) is 9.19. The summed E-state index contributed by atoms with van der Waals surface area (Å²) in [5.74, 6) is 1.30. The van der Waals surface area contributed by atoms with E-state index in [2.05, 4.69) is 36.5 Å². The van der Waals surface area contributed by atoms with E-state index in [1.165, 1.54) is 5.56 Å². The van der Waals surface area contributed by atoms with Gasteiger partial charge in [0.25, 0.3) is 0 Å². The van der Waals surface area contributed by atoms with Crippen LogP contribution in [-0.2, 0) is 16.1 Å². The Morgan fingerprint density at radius 2 is 1.81 bits per heavy atom. The Morgan fingerprint density at radius 1 is 1.09 bits per heavy atom. The van der Waals surface area contributed by atoms with Crippen molar-refractivity contribution in [2.75, 3.05) is 12.9 Å². The molecule has 0 bridgehead atoms. The van der Waals surface area contributed by atoms with Crippen molar-refractivity contribution in [3.8, 4) is 5.75 Å². The van der Waals surface area contributed by atoms with Crippen LogP contribution in [-0.4, -0.2) is 41.7 Å². The molecule has 2 amide bonds. The van der Waals surface area contributed by atoms with E-state index in [-0.39, 0.29) is 17.9 Å². The quantitative estimate of drug-likeness (QED) is 0.446. The first-order valence-corrected chi connectivity index (χ1v) is 12.3. The highest BCUT2D eigenvalue weighted by Gasteiger charge is 2.29. The van der Waals surface area contributed by atoms with Gasteiger partial charge in [-0.25, -0.2) is 0 Å². The van der Waals surface area contributed by atoms with Gasteiger partial charge < -0.3 is 15.0 Å². The molecule has 1 N–H and O–H groups in total. The van der Waals surface area contributed by atoms with Gasteiger partial charge >= 0.3 is 0 Å². The predicted octanol–water partition coefficient (Wildman–Crippen LogP) is 5.21. The van der Waals surface area contributed by atoms with Crippen molar-refractivity contribution in [2.45, 2.75) is 70.5 Å². The van der Waals surface area contributed by atoms with Crippen LogP contribution in [0.3, 0.4) is 0 Å². The third kappa shape index (κ3) is 7.90. The second kappa shape index (κ2) is 13.2. The fourth-order valence-electron chi connectivity index (χ4n) is 3.36. The van der Waals surface area contributed by atoms with Gasteiger partial charge in [-0.2, -0.15) is 0 Å². The topological polar surface area (TPSA) is 58.6 Å². The zero-order chi connectivity index (χ0) is 23.5. The number of nitrogens with zero attached hydrogens (tertiary/aromatic N) is 1. The van der Waals surface area contributed by atoms with Crippen LogP contribution in [0.2, 0.25) is 0 Å². The summed E-state index contributed by atoms with van der Waals surface area (Å²) >= 11 is 1.66. The molecule has 0 aromatic heterocycles. The molecule has 0 saturated carbocycles. The first-order valence-electron chi connectivity index (χ1n) is 11.3. The molecular weight excluding hydrogens is 420 g/mol. The smallest absolute Gasteiger partial charge is 0.243 e. The van der Waals surface area contributed by atoms with E-state index in [4.69, 9.17) is 4.74 Å². The lowest BCUT2D eigenvalue weighted by atomic mass is 10.1. The van der Waals surface area contributed by atoms with Gasteiger partial charge in [0.15, 0.2) is 0 Å². The number of aryl methyl sites for hydroxylation is 1. The fourth-order valence-corrected chi connectivity index (χ4v) is 4.20. The van der Waals surface area contributed by atoms with Gasteiger partial charge in [-0.1, -0.05) is 43.7 Å². The Balaban J connectivity index is 2.15. The zero-order valence-corrected chi connectivity index (χ0v) is 20.7. The molecule has 174 valence electrons. The minimum atomic E-state index is -0.507. The molecule has 0 heterocycles. The molecule has 0 aliphatic heterocycles. The molecule has 0 aliphatic carbocycles. The Kier molecular flexibility index (Phi) is 10.6. The number of amides is 2. The SMILES string of the molecule is CC[C@H](C(=O)N[C@@H](C)CC)N(Cc1cccc(OC)c1)C(=O)CCSc1ccc(C)cc1. The summed E-state index contributed by atoms with van der Waals surface area (Å²) in [7, 11) is 1.62. The molecule has 0 radical (unpaired) electrons. The van der Waals surface area contributed by atoms with Crippen LogP contribution in [0.1, 0.15) is 51.2 Å². The molecule has 0 spiro atoms. The second-order valence-electron chi connectivity index (χ2n) is 8.03. The lowest BCUT2D eigenvalue weighted by Crippen LogP contribution is -2.50. The zero-order valence-electron chi connectivity index (χ0n) is 19.9. The van der Waals surface area contributed by atoms with Crippen molar-refractivity contribution < 1.29 is 14.3 Å². The fraction of sp³-hybridized carbons (Fsp3) is 0.462. The number of nitrogens with one attached hydrogen (secondary N) is 1. The Morgan fingerprint density at radius 3 is 2.44 bits per heavy atom. The van der Waals surface area contributed by atoms with Crippen LogP contribution in [0.4, 0.5) is 0 Å². The minimum absolute atomic E-state index is 0.0152. The lowest BCUT2D eigenvalue weighted by molar-refractivity contribution is -0.141. The van der Waals surface area contributed by atoms with Crippen molar-refractivity contribution in [3.05, 3.63) is 59.7 Å².